The van der Waals surface area contributed by atoms with E-state index in [1.165, 1.54) is 0 Å². The highest BCUT2D eigenvalue weighted by Crippen LogP contribution is 2.39. The number of hydrogen-bond donors (Lipinski definition) is 0. The fourth-order valence-electron chi connectivity index (χ4n) is 4.15. The van der Waals surface area contributed by atoms with E-state index in [-0.39, 0.29) is 0 Å². The molecule has 3 heteroatoms. The van der Waals surface area contributed by atoms with Crippen molar-refractivity contribution in [3.05, 3.63) is 139 Å². The fourth-order valence-corrected chi connectivity index (χ4v) is 4.15. The smallest absolute Gasteiger partial charge is 0.0991 e. The monoisotopic (exact) mass is 447 g/mol. The molecule has 0 aliphatic carbocycles. The zero-order valence-corrected chi connectivity index (χ0v) is 19.0. The van der Waals surface area contributed by atoms with Crippen LogP contribution in [0.3, 0.4) is 0 Å². The van der Waals surface area contributed by atoms with Gasteiger partial charge >= 0.3 is 0 Å². The van der Waals surface area contributed by atoms with E-state index in [4.69, 9.17) is 0 Å². The van der Waals surface area contributed by atoms with Crippen LogP contribution in [0.25, 0.3) is 22.3 Å². The van der Waals surface area contributed by atoms with Crippen LogP contribution in [0.4, 0.5) is 17.1 Å². The van der Waals surface area contributed by atoms with Gasteiger partial charge in [0, 0.05) is 17.1 Å². The third kappa shape index (κ3) is 4.67. The number of rotatable bonds is 5. The highest BCUT2D eigenvalue weighted by atomic mass is 15.1. The van der Waals surface area contributed by atoms with Crippen LogP contribution in [0.1, 0.15) is 11.1 Å². The number of nitrogens with zero attached hydrogens (tertiary/aromatic N) is 3. The lowest BCUT2D eigenvalue weighted by Gasteiger charge is -2.26. The van der Waals surface area contributed by atoms with Crippen LogP contribution < -0.4 is 4.90 Å². The number of benzene rings is 5. The maximum atomic E-state index is 9.22. The van der Waals surface area contributed by atoms with Crippen LogP contribution in [0, 0.1) is 22.7 Å². The SMILES string of the molecule is N#Cc1ccc(-c2cc(-c3ccc(C#N)cc3)cc(N(c3ccccc3)c3ccccc3)c2)cc1. The summed E-state index contributed by atoms with van der Waals surface area (Å²) in [6, 6.07) is 46.8. The highest BCUT2D eigenvalue weighted by molar-refractivity contribution is 5.85. The molecule has 0 heterocycles. The number of nitriles is 2. The summed E-state index contributed by atoms with van der Waals surface area (Å²) in [4.78, 5) is 2.24. The maximum absolute atomic E-state index is 9.22. The van der Waals surface area contributed by atoms with Gasteiger partial charge in [-0.2, -0.15) is 10.5 Å². The predicted molar refractivity (Wildman–Crippen MR) is 141 cm³/mol. The van der Waals surface area contributed by atoms with Crippen LogP contribution >= 0.6 is 0 Å². The zero-order chi connectivity index (χ0) is 24.0. The second-order valence-corrected chi connectivity index (χ2v) is 8.15. The lowest BCUT2D eigenvalue weighted by Crippen LogP contribution is -2.10. The Kier molecular flexibility index (Phi) is 6.07. The van der Waals surface area contributed by atoms with E-state index in [2.05, 4.69) is 59.5 Å². The average Bonchev–Trinajstić information content (AvgIpc) is 2.94. The molecule has 0 saturated heterocycles. The van der Waals surface area contributed by atoms with Crippen LogP contribution in [0.15, 0.2) is 127 Å². The summed E-state index contributed by atoms with van der Waals surface area (Å²) in [6.45, 7) is 0. The van der Waals surface area contributed by atoms with Gasteiger partial charge < -0.3 is 4.90 Å². The van der Waals surface area contributed by atoms with Crippen molar-refractivity contribution in [2.45, 2.75) is 0 Å². The third-order valence-corrected chi connectivity index (χ3v) is 5.90. The Morgan fingerprint density at radius 1 is 0.400 bits per heavy atom. The summed E-state index contributed by atoms with van der Waals surface area (Å²) >= 11 is 0. The molecule has 5 rings (SSSR count). The molecule has 164 valence electrons. The van der Waals surface area contributed by atoms with Gasteiger partial charge in [-0.15, -0.1) is 0 Å². The van der Waals surface area contributed by atoms with Gasteiger partial charge in [0.1, 0.15) is 0 Å². The van der Waals surface area contributed by atoms with Gasteiger partial charge in [0.25, 0.3) is 0 Å². The Balaban J connectivity index is 1.72. The minimum Gasteiger partial charge on any atom is -0.310 e. The molecule has 0 N–H and O–H groups in total. The molecule has 0 atom stereocenters. The van der Waals surface area contributed by atoms with Gasteiger partial charge in [0.05, 0.1) is 23.3 Å². The van der Waals surface area contributed by atoms with Crippen molar-refractivity contribution in [2.24, 2.45) is 0 Å². The molecular formula is C32H21N3. The van der Waals surface area contributed by atoms with Gasteiger partial charge in [0.2, 0.25) is 0 Å². The van der Waals surface area contributed by atoms with E-state index in [1.54, 1.807) is 0 Å². The van der Waals surface area contributed by atoms with E-state index >= 15 is 0 Å². The lowest BCUT2D eigenvalue weighted by molar-refractivity contribution is 1.28. The van der Waals surface area contributed by atoms with Crippen molar-refractivity contribution in [3.8, 4) is 34.4 Å². The first-order valence-corrected chi connectivity index (χ1v) is 11.3. The lowest BCUT2D eigenvalue weighted by atomic mass is 9.96. The Hall–Kier alpha value is -5.12. The van der Waals surface area contributed by atoms with Crippen molar-refractivity contribution in [1.29, 1.82) is 10.5 Å². The third-order valence-electron chi connectivity index (χ3n) is 5.90. The summed E-state index contributed by atoms with van der Waals surface area (Å²) < 4.78 is 0. The molecule has 3 nitrogen and oxygen atoms in total. The molecule has 0 fully saturated rings. The summed E-state index contributed by atoms with van der Waals surface area (Å²) in [5, 5.41) is 18.4. The van der Waals surface area contributed by atoms with Gasteiger partial charge in [-0.25, -0.2) is 0 Å². The van der Waals surface area contributed by atoms with Crippen molar-refractivity contribution in [2.75, 3.05) is 4.90 Å². The average molecular weight is 448 g/mol. The molecule has 5 aromatic rings. The standard InChI is InChI=1S/C32H21N3/c33-22-24-11-15-26(16-12-24)28-19-29(27-17-13-25(23-34)14-18-27)21-32(20-28)35(30-7-3-1-4-8-30)31-9-5-2-6-10-31/h1-21H. The molecule has 0 saturated carbocycles. The molecule has 5 aromatic carbocycles. The van der Waals surface area contributed by atoms with Crippen molar-refractivity contribution >= 4 is 17.1 Å². The largest absolute Gasteiger partial charge is 0.310 e. The topological polar surface area (TPSA) is 50.8 Å². The van der Waals surface area contributed by atoms with E-state index in [0.29, 0.717) is 11.1 Å². The van der Waals surface area contributed by atoms with Crippen molar-refractivity contribution in [3.63, 3.8) is 0 Å². The first-order valence-electron chi connectivity index (χ1n) is 11.3. The van der Waals surface area contributed by atoms with E-state index in [1.807, 2.05) is 84.9 Å². The summed E-state index contributed by atoms with van der Waals surface area (Å²) in [5.74, 6) is 0. The minimum absolute atomic E-state index is 0.632. The fraction of sp³-hybridized carbons (Fsp3) is 0. The number of anilines is 3. The summed E-state index contributed by atoms with van der Waals surface area (Å²) in [7, 11) is 0. The van der Waals surface area contributed by atoms with Crippen LogP contribution in [0.5, 0.6) is 0 Å². The van der Waals surface area contributed by atoms with Crippen LogP contribution in [0.2, 0.25) is 0 Å². The normalized spacial score (nSPS) is 10.2. The van der Waals surface area contributed by atoms with E-state index < -0.39 is 0 Å². The second kappa shape index (κ2) is 9.79. The van der Waals surface area contributed by atoms with Crippen molar-refractivity contribution < 1.29 is 0 Å². The quantitative estimate of drug-likeness (QED) is 0.273. The number of hydrogen-bond acceptors (Lipinski definition) is 3. The molecular weight excluding hydrogens is 426 g/mol. The Bertz CT molecular complexity index is 1410. The summed E-state index contributed by atoms with van der Waals surface area (Å²) in [6.07, 6.45) is 0. The van der Waals surface area contributed by atoms with Gasteiger partial charge in [-0.3, -0.25) is 0 Å². The Morgan fingerprint density at radius 2 is 0.800 bits per heavy atom. The van der Waals surface area contributed by atoms with Crippen molar-refractivity contribution in [1.82, 2.24) is 0 Å². The Labute approximate surface area is 205 Å². The highest BCUT2D eigenvalue weighted by Gasteiger charge is 2.15. The second-order valence-electron chi connectivity index (χ2n) is 8.15. The van der Waals surface area contributed by atoms with E-state index in [9.17, 15) is 10.5 Å². The van der Waals surface area contributed by atoms with Crippen LogP contribution in [-0.2, 0) is 0 Å². The molecule has 0 aliphatic heterocycles. The Morgan fingerprint density at radius 3 is 1.17 bits per heavy atom. The first kappa shape index (κ1) is 21.7. The van der Waals surface area contributed by atoms with Gasteiger partial charge in [-0.1, -0.05) is 60.7 Å². The molecule has 0 spiro atoms. The molecule has 35 heavy (non-hydrogen) atoms. The molecule has 0 radical (unpaired) electrons. The minimum atomic E-state index is 0.632. The molecule has 0 amide bonds. The van der Waals surface area contributed by atoms with Gasteiger partial charge in [0.15, 0.2) is 0 Å². The molecule has 0 aliphatic rings. The summed E-state index contributed by atoms with van der Waals surface area (Å²) in [5.41, 5.74) is 8.54. The first-order chi connectivity index (χ1) is 17.2. The van der Waals surface area contributed by atoms with Crippen LogP contribution in [-0.4, -0.2) is 0 Å². The number of para-hydroxylation sites is 2. The maximum Gasteiger partial charge on any atom is 0.0991 e. The van der Waals surface area contributed by atoms with Gasteiger partial charge in [-0.05, 0) is 89.0 Å². The molecule has 0 aromatic heterocycles. The zero-order valence-electron chi connectivity index (χ0n) is 19.0. The molecule has 0 unspecified atom stereocenters. The van der Waals surface area contributed by atoms with E-state index in [0.717, 1.165) is 39.3 Å². The molecule has 0 bridgehead atoms. The predicted octanol–water partition coefficient (Wildman–Crippen LogP) is 8.23.